The van der Waals surface area contributed by atoms with E-state index in [0.29, 0.717) is 5.56 Å². The van der Waals surface area contributed by atoms with Crippen molar-refractivity contribution >= 4 is 21.6 Å². The molecule has 2 aromatic rings. The number of carbonyl (C=O) groups is 1. The Hall–Kier alpha value is -3.34. The van der Waals surface area contributed by atoms with Gasteiger partial charge in [0.05, 0.1) is 29.1 Å². The molecule has 43 heavy (non-hydrogen) atoms. The van der Waals surface area contributed by atoms with Crippen molar-refractivity contribution in [1.29, 1.82) is 0 Å². The number of amides is 1. The van der Waals surface area contributed by atoms with Gasteiger partial charge in [-0.1, -0.05) is 11.2 Å². The van der Waals surface area contributed by atoms with Crippen LogP contribution in [0.4, 0.5) is 39.5 Å². The molecule has 7 nitrogen and oxygen atoms in total. The van der Waals surface area contributed by atoms with Crippen molar-refractivity contribution in [2.75, 3.05) is 19.3 Å². The normalized spacial score (nSPS) is 20.7. The fourth-order valence-electron chi connectivity index (χ4n) is 4.88. The molecule has 17 heteroatoms. The molecule has 0 aliphatic carbocycles. The minimum atomic E-state index is -5.57. The van der Waals surface area contributed by atoms with Gasteiger partial charge < -0.3 is 10.2 Å². The van der Waals surface area contributed by atoms with E-state index < -0.39 is 81.7 Å². The van der Waals surface area contributed by atoms with Crippen molar-refractivity contribution in [2.24, 2.45) is 5.16 Å². The van der Waals surface area contributed by atoms with Crippen LogP contribution in [0, 0.1) is 12.7 Å². The van der Waals surface area contributed by atoms with Crippen LogP contribution in [0.25, 0.3) is 0 Å². The van der Waals surface area contributed by atoms with Crippen LogP contribution in [-0.2, 0) is 26.6 Å². The summed E-state index contributed by atoms with van der Waals surface area (Å²) in [4.78, 5) is 17.5. The lowest BCUT2D eigenvalue weighted by molar-refractivity contribution is -0.288. The number of alkyl halides is 8. The Bertz CT molecular complexity index is 1550. The SMILES string of the molecule is Cc1cc(C2=NO[C@](c3cc(C(F)(F)F)cc(C(F)F)c3F)(C(F)(F)F)CCC2)ccc1C(=O)NC1CN(S(C)(=O)=O)C1. The third-order valence-corrected chi connectivity index (χ3v) is 8.50. The van der Waals surface area contributed by atoms with E-state index in [1.54, 1.807) is 0 Å². The molecule has 0 aromatic heterocycles. The van der Waals surface area contributed by atoms with Gasteiger partial charge in [0, 0.05) is 30.6 Å². The molecule has 2 aliphatic heterocycles. The zero-order valence-corrected chi connectivity index (χ0v) is 23.2. The topological polar surface area (TPSA) is 88.1 Å². The van der Waals surface area contributed by atoms with E-state index in [9.17, 15) is 48.3 Å². The van der Waals surface area contributed by atoms with Gasteiger partial charge in [-0.15, -0.1) is 0 Å². The molecule has 0 saturated carbocycles. The number of benzene rings is 2. The molecule has 1 fully saturated rings. The van der Waals surface area contributed by atoms with Gasteiger partial charge >= 0.3 is 12.4 Å². The van der Waals surface area contributed by atoms with Crippen LogP contribution in [0.5, 0.6) is 0 Å². The second-order valence-electron chi connectivity index (χ2n) is 10.3. The monoisotopic (exact) mass is 645 g/mol. The smallest absolute Gasteiger partial charge is 0.374 e. The Morgan fingerprint density at radius 2 is 1.77 bits per heavy atom. The van der Waals surface area contributed by atoms with Crippen LogP contribution < -0.4 is 5.32 Å². The molecule has 2 aliphatic rings. The van der Waals surface area contributed by atoms with Crippen molar-refractivity contribution in [1.82, 2.24) is 9.62 Å². The van der Waals surface area contributed by atoms with Crippen LogP contribution in [0.2, 0.25) is 0 Å². The number of hydrogen-bond donors (Lipinski definition) is 1. The van der Waals surface area contributed by atoms with E-state index in [2.05, 4.69) is 10.5 Å². The minimum Gasteiger partial charge on any atom is -0.374 e. The lowest BCUT2D eigenvalue weighted by Crippen LogP contribution is -2.60. The van der Waals surface area contributed by atoms with E-state index in [-0.39, 0.29) is 48.5 Å². The number of halogens is 9. The summed E-state index contributed by atoms with van der Waals surface area (Å²) in [7, 11) is -3.40. The molecule has 1 amide bonds. The summed E-state index contributed by atoms with van der Waals surface area (Å²) < 4.78 is 150. The van der Waals surface area contributed by atoms with Crippen molar-refractivity contribution in [3.63, 3.8) is 0 Å². The third kappa shape index (κ3) is 6.46. The van der Waals surface area contributed by atoms with Gasteiger partial charge in [0.15, 0.2) is 0 Å². The Morgan fingerprint density at radius 1 is 1.12 bits per heavy atom. The Kier molecular flexibility index (Phi) is 8.56. The van der Waals surface area contributed by atoms with E-state index in [1.165, 1.54) is 29.4 Å². The molecule has 1 N–H and O–H groups in total. The maximum absolute atomic E-state index is 15.0. The van der Waals surface area contributed by atoms with Crippen LogP contribution in [0.1, 0.15) is 63.9 Å². The molecular formula is C26H24F9N3O4S. The van der Waals surface area contributed by atoms with E-state index in [4.69, 9.17) is 4.84 Å². The number of nitrogens with zero attached hydrogens (tertiary/aromatic N) is 2. The van der Waals surface area contributed by atoms with Crippen LogP contribution >= 0.6 is 0 Å². The molecule has 1 atom stereocenters. The Labute approximate surface area is 239 Å². The number of rotatable bonds is 6. The zero-order chi connectivity index (χ0) is 32.1. The molecule has 0 radical (unpaired) electrons. The molecule has 0 spiro atoms. The van der Waals surface area contributed by atoms with E-state index in [1.807, 2.05) is 0 Å². The summed E-state index contributed by atoms with van der Waals surface area (Å²) in [5.41, 5.74) is -8.72. The Balaban J connectivity index is 1.65. The number of aryl methyl sites for hydroxylation is 1. The molecule has 2 aromatic carbocycles. The summed E-state index contributed by atoms with van der Waals surface area (Å²) in [5.74, 6) is -2.72. The largest absolute Gasteiger partial charge is 0.435 e. The second kappa shape index (κ2) is 11.3. The third-order valence-electron chi connectivity index (χ3n) is 7.27. The van der Waals surface area contributed by atoms with Crippen molar-refractivity contribution in [2.45, 2.75) is 56.6 Å². The highest BCUT2D eigenvalue weighted by Gasteiger charge is 2.61. The van der Waals surface area contributed by atoms with Crippen LogP contribution in [0.15, 0.2) is 35.5 Å². The number of oxime groups is 1. The molecule has 0 unspecified atom stereocenters. The van der Waals surface area contributed by atoms with E-state index in [0.717, 1.165) is 6.26 Å². The summed E-state index contributed by atoms with van der Waals surface area (Å²) in [5, 5.41) is 6.18. The number of hydrogen-bond acceptors (Lipinski definition) is 5. The fourth-order valence-corrected chi connectivity index (χ4v) is 5.78. The van der Waals surface area contributed by atoms with E-state index >= 15 is 4.39 Å². The summed E-state index contributed by atoms with van der Waals surface area (Å²) in [6.07, 6.45) is -15.5. The maximum Gasteiger partial charge on any atom is 0.435 e. The predicted molar refractivity (Wildman–Crippen MR) is 134 cm³/mol. The standard InChI is InChI=1S/C26H24F9N3O4S/c1-13-8-14(5-6-17(13)23(39)36-16-11-38(12-16)43(2,40)41)20-4-3-7-24(42-37-20,26(33,34)35)19-10-15(25(30,31)32)9-18(21(19)27)22(28)29/h5-6,8-10,16,22H,3-4,7,11-12H2,1-2H3,(H,36,39)/t24-/m1/s1. The van der Waals surface area contributed by atoms with Gasteiger partial charge in [-0.2, -0.15) is 30.6 Å². The molecule has 1 saturated heterocycles. The first kappa shape index (κ1) is 32.6. The quantitative estimate of drug-likeness (QED) is 0.401. The highest BCUT2D eigenvalue weighted by molar-refractivity contribution is 7.88. The van der Waals surface area contributed by atoms with Gasteiger partial charge in [0.2, 0.25) is 10.0 Å². The molecule has 0 bridgehead atoms. The average Bonchev–Trinajstić information content (AvgIpc) is 3.08. The van der Waals surface area contributed by atoms with Gasteiger partial charge in [0.1, 0.15) is 5.82 Å². The molecular weight excluding hydrogens is 621 g/mol. The van der Waals surface area contributed by atoms with Gasteiger partial charge in [-0.05, 0) is 55.2 Å². The minimum absolute atomic E-state index is 0.0854. The van der Waals surface area contributed by atoms with Crippen LogP contribution in [0.3, 0.4) is 0 Å². The highest BCUT2D eigenvalue weighted by Crippen LogP contribution is 2.50. The lowest BCUT2D eigenvalue weighted by atomic mass is 9.84. The number of nitrogens with one attached hydrogen (secondary N) is 1. The number of carbonyl (C=O) groups excluding carboxylic acids is 1. The molecule has 4 rings (SSSR count). The highest BCUT2D eigenvalue weighted by atomic mass is 32.2. The van der Waals surface area contributed by atoms with Gasteiger partial charge in [-0.25, -0.2) is 21.6 Å². The summed E-state index contributed by atoms with van der Waals surface area (Å²) >= 11 is 0. The lowest BCUT2D eigenvalue weighted by Gasteiger charge is -2.37. The fraction of sp³-hybridized carbons (Fsp3) is 0.462. The average molecular weight is 646 g/mol. The first-order valence-electron chi connectivity index (χ1n) is 12.6. The van der Waals surface area contributed by atoms with Gasteiger partial charge in [-0.3, -0.25) is 4.79 Å². The predicted octanol–water partition coefficient (Wildman–Crippen LogP) is 5.83. The number of sulfonamides is 1. The van der Waals surface area contributed by atoms with Gasteiger partial charge in [0.25, 0.3) is 17.9 Å². The first-order valence-corrected chi connectivity index (χ1v) is 14.5. The maximum atomic E-state index is 15.0. The Morgan fingerprint density at radius 3 is 2.30 bits per heavy atom. The molecule has 2 heterocycles. The van der Waals surface area contributed by atoms with Crippen LogP contribution in [-0.4, -0.2) is 55.9 Å². The second-order valence-corrected chi connectivity index (χ2v) is 12.3. The zero-order valence-electron chi connectivity index (χ0n) is 22.4. The van der Waals surface area contributed by atoms with Crippen molar-refractivity contribution < 1.29 is 57.6 Å². The van der Waals surface area contributed by atoms with Crippen molar-refractivity contribution in [3.05, 3.63) is 69.5 Å². The summed E-state index contributed by atoms with van der Waals surface area (Å²) in [6, 6.07) is 3.22. The summed E-state index contributed by atoms with van der Waals surface area (Å²) in [6.45, 7) is 1.69. The van der Waals surface area contributed by atoms with Crippen molar-refractivity contribution in [3.8, 4) is 0 Å². The first-order chi connectivity index (χ1) is 19.7. The molecule has 236 valence electrons.